The van der Waals surface area contributed by atoms with Gasteiger partial charge in [0.25, 0.3) is 0 Å². The fourth-order valence-electron chi connectivity index (χ4n) is 3.97. The van der Waals surface area contributed by atoms with Crippen molar-refractivity contribution in [3.63, 3.8) is 0 Å². The Bertz CT molecular complexity index is 1250. The molecule has 214 valence electrons. The average molecular weight is 550 g/mol. The van der Waals surface area contributed by atoms with Crippen molar-refractivity contribution in [2.45, 2.75) is 78.4 Å². The Hall–Kier alpha value is -3.62. The van der Waals surface area contributed by atoms with Crippen LogP contribution in [0.4, 0.5) is 10.6 Å². The summed E-state index contributed by atoms with van der Waals surface area (Å²) in [6, 6.07) is 2.22. The van der Waals surface area contributed by atoms with E-state index in [0.29, 0.717) is 11.2 Å². The van der Waals surface area contributed by atoms with Gasteiger partial charge in [0.05, 0.1) is 5.69 Å². The average Bonchev–Trinajstić information content (AvgIpc) is 3.37. The van der Waals surface area contributed by atoms with E-state index in [4.69, 9.17) is 19.9 Å². The zero-order valence-electron chi connectivity index (χ0n) is 23.0. The van der Waals surface area contributed by atoms with Crippen LogP contribution in [0.3, 0.4) is 0 Å². The molecule has 39 heavy (non-hydrogen) atoms. The third-order valence-electron chi connectivity index (χ3n) is 6.40. The maximum atomic E-state index is 12.9. The second-order valence-electron chi connectivity index (χ2n) is 10.9. The van der Waals surface area contributed by atoms with Crippen molar-refractivity contribution in [1.82, 2.24) is 14.6 Å². The molecule has 3 rings (SSSR count). The van der Waals surface area contributed by atoms with Gasteiger partial charge in [0.1, 0.15) is 42.3 Å². The number of aliphatic hydroxyl groups is 1. The van der Waals surface area contributed by atoms with E-state index in [9.17, 15) is 24.3 Å². The molecule has 1 aliphatic rings. The lowest BCUT2D eigenvalue weighted by Crippen LogP contribution is -2.49. The number of hydrogen-bond acceptors (Lipinski definition) is 12. The van der Waals surface area contributed by atoms with E-state index >= 15 is 0 Å². The molecule has 0 unspecified atom stereocenters. The van der Waals surface area contributed by atoms with Crippen molar-refractivity contribution in [3.8, 4) is 0 Å². The van der Waals surface area contributed by atoms with E-state index in [-0.39, 0.29) is 17.6 Å². The molecule has 2 aromatic heterocycles. The molecule has 14 nitrogen and oxygen atoms in total. The second kappa shape index (κ2) is 11.2. The highest BCUT2D eigenvalue weighted by molar-refractivity contribution is 5.94. The highest BCUT2D eigenvalue weighted by Gasteiger charge is 2.57. The number of nitrogens with zero attached hydrogens (tertiary/aromatic N) is 3. The molecular weight excluding hydrogens is 514 g/mol. The van der Waals surface area contributed by atoms with E-state index in [2.05, 4.69) is 20.1 Å². The number of hydrogen-bond donors (Lipinski definition) is 3. The summed E-state index contributed by atoms with van der Waals surface area (Å²) >= 11 is 0. The summed E-state index contributed by atoms with van der Waals surface area (Å²) in [5, 5.41) is 18.4. The molecule has 1 amide bonds. The van der Waals surface area contributed by atoms with E-state index in [1.807, 2.05) is 0 Å². The molecule has 0 bridgehead atoms. The first-order chi connectivity index (χ1) is 18.1. The van der Waals surface area contributed by atoms with Crippen molar-refractivity contribution in [2.75, 3.05) is 11.9 Å². The zero-order valence-corrected chi connectivity index (χ0v) is 23.0. The summed E-state index contributed by atoms with van der Waals surface area (Å²) in [5.41, 5.74) is 4.63. The minimum atomic E-state index is -1.55. The van der Waals surface area contributed by atoms with E-state index in [1.54, 1.807) is 53.7 Å². The summed E-state index contributed by atoms with van der Waals surface area (Å²) in [6.07, 6.45) is -4.03. The van der Waals surface area contributed by atoms with Crippen LogP contribution in [-0.2, 0) is 38.9 Å². The van der Waals surface area contributed by atoms with Gasteiger partial charge in [0, 0.05) is 12.8 Å². The first-order valence-corrected chi connectivity index (χ1v) is 12.4. The second-order valence-corrected chi connectivity index (χ2v) is 10.9. The molecule has 14 heteroatoms. The number of anilines is 1. The van der Waals surface area contributed by atoms with Crippen LogP contribution in [0.1, 0.15) is 54.2 Å². The lowest BCUT2D eigenvalue weighted by molar-refractivity contribution is -0.161. The molecule has 1 aliphatic heterocycles. The van der Waals surface area contributed by atoms with Crippen LogP contribution in [0.2, 0.25) is 0 Å². The van der Waals surface area contributed by atoms with Gasteiger partial charge < -0.3 is 35.1 Å². The van der Waals surface area contributed by atoms with Crippen LogP contribution >= 0.6 is 0 Å². The Kier molecular flexibility index (Phi) is 8.63. The Balaban J connectivity index is 1.97. The minimum absolute atomic E-state index is 0.247. The van der Waals surface area contributed by atoms with Gasteiger partial charge in [-0.3, -0.25) is 14.4 Å². The number of aliphatic hydroxyl groups excluding tert-OH is 1. The molecule has 0 spiro atoms. The third kappa shape index (κ3) is 6.34. The number of carbonyl (C=O) groups is 4. The molecule has 1 saturated heterocycles. The lowest BCUT2D eigenvalue weighted by atomic mass is 9.87. The van der Waals surface area contributed by atoms with Gasteiger partial charge in [-0.1, -0.05) is 34.6 Å². The standard InChI is InChI=1S/C25H35N5O9/c1-12(2)21(33)29-20-14-8-9-16(30(14)28-11-27-20)25(7)19(32)17(38-22(34)18(26)24(4,5)6)15(39-25)10-36-23(35)37-13(3)31/h8-9,11-12,15,17-19,32H,10,26H2,1-7H3,(H,27,28,29,33)/t15-,17-,18-,19-,25+/m1/s1. The van der Waals surface area contributed by atoms with Crippen molar-refractivity contribution in [2.24, 2.45) is 17.1 Å². The van der Waals surface area contributed by atoms with E-state index < -0.39 is 60.1 Å². The highest BCUT2D eigenvalue weighted by Crippen LogP contribution is 2.42. The first kappa shape index (κ1) is 29.9. The van der Waals surface area contributed by atoms with Gasteiger partial charge in [-0.05, 0) is 24.5 Å². The van der Waals surface area contributed by atoms with Crippen molar-refractivity contribution in [3.05, 3.63) is 24.2 Å². The number of ether oxygens (including phenoxy) is 4. The highest BCUT2D eigenvalue weighted by atomic mass is 16.7. The Morgan fingerprint density at radius 1 is 1.26 bits per heavy atom. The number of fused-ring (bicyclic) bond motifs is 1. The van der Waals surface area contributed by atoms with Crippen LogP contribution in [0.5, 0.6) is 0 Å². The Morgan fingerprint density at radius 2 is 1.92 bits per heavy atom. The summed E-state index contributed by atoms with van der Waals surface area (Å²) < 4.78 is 22.6. The largest absolute Gasteiger partial charge is 0.516 e. The molecule has 2 aromatic rings. The molecule has 0 aromatic carbocycles. The monoisotopic (exact) mass is 549 g/mol. The van der Waals surface area contributed by atoms with Gasteiger partial charge in [0.2, 0.25) is 5.91 Å². The molecule has 1 fully saturated rings. The van der Waals surface area contributed by atoms with Crippen LogP contribution in [0.15, 0.2) is 18.5 Å². The summed E-state index contributed by atoms with van der Waals surface area (Å²) in [4.78, 5) is 52.2. The maximum Gasteiger partial charge on any atom is 0.516 e. The number of esters is 2. The predicted molar refractivity (Wildman–Crippen MR) is 135 cm³/mol. The smallest absolute Gasteiger partial charge is 0.455 e. The summed E-state index contributed by atoms with van der Waals surface area (Å²) in [6.45, 7) is 10.8. The third-order valence-corrected chi connectivity index (χ3v) is 6.40. The summed E-state index contributed by atoms with van der Waals surface area (Å²) in [5.74, 6) is -1.97. The van der Waals surface area contributed by atoms with Crippen molar-refractivity contribution >= 4 is 35.3 Å². The van der Waals surface area contributed by atoms with E-state index in [1.165, 1.54) is 10.8 Å². The number of rotatable bonds is 7. The number of amides is 1. The molecule has 0 radical (unpaired) electrons. The molecule has 4 N–H and O–H groups in total. The minimum Gasteiger partial charge on any atom is -0.455 e. The lowest BCUT2D eigenvalue weighted by Gasteiger charge is -2.29. The van der Waals surface area contributed by atoms with Crippen molar-refractivity contribution < 1.29 is 43.2 Å². The molecular formula is C25H35N5O9. The normalized spacial score (nSPS) is 23.9. The molecule has 0 aliphatic carbocycles. The fourth-order valence-corrected chi connectivity index (χ4v) is 3.97. The predicted octanol–water partition coefficient (Wildman–Crippen LogP) is 1.28. The SMILES string of the molecule is CC(=O)OC(=O)OC[C@H]1O[C@@](C)(c2ccc3c(NC(=O)C(C)C)ncnn23)[C@H](O)[C@@H]1OC(=O)[C@@H](N)C(C)(C)C. The van der Waals surface area contributed by atoms with Crippen LogP contribution in [-0.4, -0.2) is 74.7 Å². The van der Waals surface area contributed by atoms with E-state index in [0.717, 1.165) is 6.92 Å². The van der Waals surface area contributed by atoms with Gasteiger partial charge in [0.15, 0.2) is 11.9 Å². The van der Waals surface area contributed by atoms with Gasteiger partial charge in [-0.25, -0.2) is 14.3 Å². The zero-order chi connectivity index (χ0) is 29.3. The molecule has 5 atom stereocenters. The molecule has 0 saturated carbocycles. The number of nitrogens with two attached hydrogens (primary N) is 1. The topological polar surface area (TPSA) is 194 Å². The quantitative estimate of drug-likeness (QED) is 0.331. The first-order valence-electron chi connectivity index (χ1n) is 12.4. The van der Waals surface area contributed by atoms with Gasteiger partial charge in [-0.15, -0.1) is 0 Å². The van der Waals surface area contributed by atoms with Crippen LogP contribution < -0.4 is 11.1 Å². The Morgan fingerprint density at radius 3 is 2.51 bits per heavy atom. The number of carbonyl (C=O) groups excluding carboxylic acids is 4. The number of nitrogens with one attached hydrogen (secondary N) is 1. The van der Waals surface area contributed by atoms with Gasteiger partial charge >= 0.3 is 18.1 Å². The van der Waals surface area contributed by atoms with Crippen LogP contribution in [0.25, 0.3) is 5.52 Å². The fraction of sp³-hybridized carbons (Fsp3) is 0.600. The van der Waals surface area contributed by atoms with Gasteiger partial charge in [-0.2, -0.15) is 5.10 Å². The maximum absolute atomic E-state index is 12.9. The number of aromatic nitrogens is 3. The van der Waals surface area contributed by atoms with Crippen molar-refractivity contribution in [1.29, 1.82) is 0 Å². The molecule has 3 heterocycles. The Labute approximate surface area is 225 Å². The van der Waals surface area contributed by atoms with Crippen LogP contribution in [0, 0.1) is 11.3 Å². The summed E-state index contributed by atoms with van der Waals surface area (Å²) in [7, 11) is 0.